The van der Waals surface area contributed by atoms with Crippen LogP contribution in [0.4, 0.5) is 0 Å². The van der Waals surface area contributed by atoms with Gasteiger partial charge in [0.25, 0.3) is 0 Å². The van der Waals surface area contributed by atoms with E-state index in [-0.39, 0.29) is 18.9 Å². The molecule has 0 aliphatic rings. The zero-order chi connectivity index (χ0) is 4.28. The number of hydrogen-bond acceptors (Lipinski definition) is 1. The van der Waals surface area contributed by atoms with Crippen LogP contribution in [0.1, 0.15) is 6.92 Å². The first-order chi connectivity index (χ1) is 2.27. The van der Waals surface area contributed by atoms with Gasteiger partial charge in [-0.15, -0.1) is 0 Å². The summed E-state index contributed by atoms with van der Waals surface area (Å²) in [6.45, 7) is 1.65. The van der Waals surface area contributed by atoms with Gasteiger partial charge in [0.05, 0.1) is 0 Å². The normalized spacial score (nSPS) is 12.3. The predicted octanol–water partition coefficient (Wildman–Crippen LogP) is -0.153. The summed E-state index contributed by atoms with van der Waals surface area (Å²) in [4.78, 5) is 0. The molecule has 0 aromatic rings. The van der Waals surface area contributed by atoms with Gasteiger partial charge in [0.1, 0.15) is 0 Å². The molecule has 0 aromatic carbocycles. The summed E-state index contributed by atoms with van der Waals surface area (Å²) in [6, 6.07) is 0. The van der Waals surface area contributed by atoms with E-state index < -0.39 is 11.1 Å². The summed E-state index contributed by atoms with van der Waals surface area (Å²) in [5, 5.41) is 0. The quantitative estimate of drug-likeness (QED) is 0.368. The molecule has 2 nitrogen and oxygen atoms in total. The molecule has 0 amide bonds. The van der Waals surface area contributed by atoms with Crippen LogP contribution in [0.3, 0.4) is 0 Å². The molecule has 4 heteroatoms. The molecule has 0 saturated heterocycles. The van der Waals surface area contributed by atoms with Gasteiger partial charge in [-0.1, -0.05) is 6.92 Å². The Bertz CT molecular complexity index is 46.8. The average molecular weight is 101 g/mol. The Labute approximate surface area is 51.8 Å². The molecule has 0 aromatic heterocycles. The van der Waals surface area contributed by atoms with Crippen LogP contribution in [0.5, 0.6) is 0 Å². The van der Waals surface area contributed by atoms with Gasteiger partial charge in [0.2, 0.25) is 0 Å². The first kappa shape index (κ1) is 9.86. The van der Waals surface area contributed by atoms with Crippen LogP contribution in [0.25, 0.3) is 0 Å². The first-order valence-corrected chi connectivity index (χ1v) is 2.62. The maximum atomic E-state index is 9.48. The van der Waals surface area contributed by atoms with Gasteiger partial charge >= 0.3 is 0 Å². The van der Waals surface area contributed by atoms with Crippen molar-refractivity contribution in [1.82, 2.24) is 0 Å². The molecule has 0 aliphatic heterocycles. The molecule has 0 heterocycles. The van der Waals surface area contributed by atoms with Crippen LogP contribution in [0, 0.1) is 0 Å². The summed E-state index contributed by atoms with van der Waals surface area (Å²) in [5.41, 5.74) is 0. The minimum absolute atomic E-state index is 0. The van der Waals surface area contributed by atoms with Crippen molar-refractivity contribution in [3.8, 4) is 0 Å². The SMILES string of the molecule is CCS(=O)O.[Li]. The van der Waals surface area contributed by atoms with E-state index in [0.29, 0.717) is 5.75 Å². The van der Waals surface area contributed by atoms with E-state index in [9.17, 15) is 4.21 Å². The van der Waals surface area contributed by atoms with E-state index in [0.717, 1.165) is 0 Å². The van der Waals surface area contributed by atoms with Crippen molar-refractivity contribution < 1.29 is 8.76 Å². The van der Waals surface area contributed by atoms with Crippen LogP contribution in [0.15, 0.2) is 0 Å². The second-order valence-corrected chi connectivity index (χ2v) is 1.83. The Kier molecular flexibility index (Phi) is 9.38. The smallest absolute Gasteiger partial charge is 0.152 e. The molecule has 33 valence electrons. The predicted molar refractivity (Wildman–Crippen MR) is 27.1 cm³/mol. The molecular weight excluding hydrogens is 95.0 g/mol. The van der Waals surface area contributed by atoms with Gasteiger partial charge < -0.3 is 4.55 Å². The van der Waals surface area contributed by atoms with Crippen molar-refractivity contribution in [2.45, 2.75) is 6.92 Å². The molecule has 0 aliphatic carbocycles. The summed E-state index contributed by atoms with van der Waals surface area (Å²) in [6.07, 6.45) is 0. The van der Waals surface area contributed by atoms with E-state index in [2.05, 4.69) is 0 Å². The van der Waals surface area contributed by atoms with Crippen molar-refractivity contribution in [3.05, 3.63) is 0 Å². The third kappa shape index (κ3) is 8.83. The summed E-state index contributed by atoms with van der Waals surface area (Å²) < 4.78 is 17.3. The Morgan fingerprint density at radius 2 is 2.00 bits per heavy atom. The molecule has 1 atom stereocenters. The monoisotopic (exact) mass is 101 g/mol. The van der Waals surface area contributed by atoms with E-state index >= 15 is 0 Å². The van der Waals surface area contributed by atoms with Crippen molar-refractivity contribution in [1.29, 1.82) is 0 Å². The minimum atomic E-state index is -1.57. The van der Waals surface area contributed by atoms with Crippen LogP contribution in [-0.4, -0.2) is 33.4 Å². The third-order valence-corrected chi connectivity index (χ3v) is 0.741. The Morgan fingerprint density at radius 1 is 1.83 bits per heavy atom. The van der Waals surface area contributed by atoms with Crippen molar-refractivity contribution in [3.63, 3.8) is 0 Å². The molecular formula is C2H6LiO2S. The molecule has 1 unspecified atom stereocenters. The third-order valence-electron chi connectivity index (χ3n) is 0.247. The number of rotatable bonds is 1. The second kappa shape index (κ2) is 5.71. The van der Waals surface area contributed by atoms with E-state index in [1.54, 1.807) is 6.92 Å². The second-order valence-electron chi connectivity index (χ2n) is 0.610. The van der Waals surface area contributed by atoms with Gasteiger partial charge in [-0.3, -0.25) is 0 Å². The van der Waals surface area contributed by atoms with Gasteiger partial charge in [-0.2, -0.15) is 0 Å². The molecule has 0 fully saturated rings. The maximum absolute atomic E-state index is 9.48. The molecule has 0 saturated carbocycles. The topological polar surface area (TPSA) is 37.3 Å². The van der Waals surface area contributed by atoms with Crippen molar-refractivity contribution >= 4 is 29.9 Å². The van der Waals surface area contributed by atoms with Crippen LogP contribution < -0.4 is 0 Å². The van der Waals surface area contributed by atoms with Gasteiger partial charge in [0.15, 0.2) is 11.1 Å². The maximum Gasteiger partial charge on any atom is 0.152 e. The van der Waals surface area contributed by atoms with Crippen LogP contribution >= 0.6 is 0 Å². The Balaban J connectivity index is 0. The van der Waals surface area contributed by atoms with E-state index in [1.807, 2.05) is 0 Å². The zero-order valence-corrected chi connectivity index (χ0v) is 4.79. The Hall–Kier alpha value is 0.707. The molecule has 0 spiro atoms. The largest absolute Gasteiger partial charge is 0.306 e. The standard InChI is InChI=1S/C2H6O2S.Li/c1-2-5(3)4;/h2H2,1H3,(H,3,4);. The fraction of sp³-hybridized carbons (Fsp3) is 1.00. The molecule has 6 heavy (non-hydrogen) atoms. The van der Waals surface area contributed by atoms with Gasteiger partial charge in [-0.25, -0.2) is 4.21 Å². The van der Waals surface area contributed by atoms with Crippen molar-refractivity contribution in [2.75, 3.05) is 5.75 Å². The minimum Gasteiger partial charge on any atom is -0.306 e. The molecule has 1 radical (unpaired) electrons. The Morgan fingerprint density at radius 3 is 2.00 bits per heavy atom. The van der Waals surface area contributed by atoms with Crippen molar-refractivity contribution in [2.24, 2.45) is 0 Å². The van der Waals surface area contributed by atoms with Gasteiger partial charge in [-0.05, 0) is 0 Å². The zero-order valence-electron chi connectivity index (χ0n) is 3.97. The summed E-state index contributed by atoms with van der Waals surface area (Å²) in [7, 11) is 0. The first-order valence-electron chi connectivity index (χ1n) is 1.35. The van der Waals surface area contributed by atoms with E-state index in [1.165, 1.54) is 0 Å². The summed E-state index contributed by atoms with van der Waals surface area (Å²) in [5.74, 6) is 0.333. The average Bonchev–Trinajstić information content (AvgIpc) is 1.38. The fourth-order valence-electron chi connectivity index (χ4n) is 0. The molecule has 0 bridgehead atoms. The van der Waals surface area contributed by atoms with Gasteiger partial charge in [0, 0.05) is 24.6 Å². The number of hydrogen-bond donors (Lipinski definition) is 1. The molecule has 0 rings (SSSR count). The fourth-order valence-corrected chi connectivity index (χ4v) is 0. The van der Waals surface area contributed by atoms with Crippen LogP contribution in [-0.2, 0) is 11.1 Å². The van der Waals surface area contributed by atoms with Crippen LogP contribution in [0.2, 0.25) is 0 Å². The van der Waals surface area contributed by atoms with E-state index in [4.69, 9.17) is 4.55 Å². The molecule has 1 N–H and O–H groups in total. The summed E-state index contributed by atoms with van der Waals surface area (Å²) >= 11 is -1.57.